The Morgan fingerprint density at radius 2 is 2.10 bits per heavy atom. The molecular formula is C9H10Cl2N6O2S. The van der Waals surface area contributed by atoms with Crippen LogP contribution >= 0.6 is 23.2 Å². The Morgan fingerprint density at radius 3 is 2.70 bits per heavy atom. The van der Waals surface area contributed by atoms with E-state index in [1.807, 2.05) is 0 Å². The van der Waals surface area contributed by atoms with E-state index in [2.05, 4.69) is 19.8 Å². The number of rotatable bonds is 4. The molecule has 0 aliphatic rings. The Bertz CT molecular complexity index is 745. The summed E-state index contributed by atoms with van der Waals surface area (Å²) in [5.74, 6) is -0.244. The molecule has 0 aliphatic carbocycles. The Hall–Kier alpha value is -1.58. The van der Waals surface area contributed by atoms with Gasteiger partial charge in [-0.05, 0) is 6.92 Å². The van der Waals surface area contributed by atoms with Crippen molar-refractivity contribution in [1.82, 2.24) is 19.7 Å². The van der Waals surface area contributed by atoms with E-state index >= 15 is 0 Å². The van der Waals surface area contributed by atoms with E-state index in [-0.39, 0.29) is 26.7 Å². The zero-order valence-corrected chi connectivity index (χ0v) is 12.5. The smallest absolute Gasteiger partial charge is 0.268 e. The molecule has 0 atom stereocenters. The lowest BCUT2D eigenvalue weighted by Crippen LogP contribution is -2.15. The highest BCUT2D eigenvalue weighted by Crippen LogP contribution is 2.28. The number of aryl methyl sites for hydroxylation is 1. The lowest BCUT2D eigenvalue weighted by Gasteiger charge is -2.07. The number of anilines is 2. The highest BCUT2D eigenvalue weighted by Gasteiger charge is 2.23. The van der Waals surface area contributed by atoms with Crippen molar-refractivity contribution in [3.05, 3.63) is 22.7 Å². The third-order valence-electron chi connectivity index (χ3n) is 2.35. The molecule has 8 nitrogen and oxygen atoms in total. The fourth-order valence-electron chi connectivity index (χ4n) is 1.39. The number of nitrogens with one attached hydrogen (secondary N) is 1. The van der Waals surface area contributed by atoms with Crippen LogP contribution in [0.15, 0.2) is 17.4 Å². The van der Waals surface area contributed by atoms with E-state index in [1.54, 1.807) is 6.92 Å². The van der Waals surface area contributed by atoms with E-state index in [1.165, 1.54) is 10.9 Å². The maximum Gasteiger partial charge on any atom is 0.268 e. The van der Waals surface area contributed by atoms with Crippen molar-refractivity contribution in [2.45, 2.75) is 18.4 Å². The Labute approximate surface area is 125 Å². The maximum absolute atomic E-state index is 12.2. The van der Waals surface area contributed by atoms with Crippen LogP contribution in [0.3, 0.4) is 0 Å². The van der Waals surface area contributed by atoms with Crippen molar-refractivity contribution >= 4 is 44.9 Å². The van der Waals surface area contributed by atoms with Gasteiger partial charge in [-0.25, -0.2) is 18.4 Å². The lowest BCUT2D eigenvalue weighted by atomic mass is 10.6. The van der Waals surface area contributed by atoms with Gasteiger partial charge in [-0.2, -0.15) is 5.10 Å². The van der Waals surface area contributed by atoms with Crippen LogP contribution < -0.4 is 10.5 Å². The average Bonchev–Trinajstić information content (AvgIpc) is 2.77. The van der Waals surface area contributed by atoms with Crippen LogP contribution in [0.4, 0.5) is 11.6 Å². The van der Waals surface area contributed by atoms with Crippen molar-refractivity contribution in [3.63, 3.8) is 0 Å². The molecule has 20 heavy (non-hydrogen) atoms. The molecule has 3 N–H and O–H groups in total. The van der Waals surface area contributed by atoms with Gasteiger partial charge in [0, 0.05) is 12.7 Å². The molecule has 0 saturated heterocycles. The molecule has 0 saturated carbocycles. The molecule has 0 aromatic carbocycles. The molecule has 0 unspecified atom stereocenters. The molecule has 0 fully saturated rings. The molecule has 11 heteroatoms. The van der Waals surface area contributed by atoms with Crippen molar-refractivity contribution in [2.24, 2.45) is 0 Å². The minimum Gasteiger partial charge on any atom is -0.381 e. The van der Waals surface area contributed by atoms with Crippen LogP contribution in [0.25, 0.3) is 0 Å². The topological polar surface area (TPSA) is 116 Å². The van der Waals surface area contributed by atoms with Gasteiger partial charge in [-0.3, -0.25) is 9.40 Å². The van der Waals surface area contributed by atoms with Crippen LogP contribution in [0.1, 0.15) is 6.92 Å². The predicted octanol–water partition coefficient (Wildman–Crippen LogP) is 1.38. The first-order chi connectivity index (χ1) is 9.35. The van der Waals surface area contributed by atoms with Crippen LogP contribution in [0, 0.1) is 0 Å². The highest BCUT2D eigenvalue weighted by atomic mass is 35.5. The lowest BCUT2D eigenvalue weighted by molar-refractivity contribution is 0.600. The Balaban J connectivity index is 2.40. The van der Waals surface area contributed by atoms with Crippen molar-refractivity contribution in [1.29, 1.82) is 0 Å². The van der Waals surface area contributed by atoms with Crippen LogP contribution in [-0.4, -0.2) is 28.2 Å². The number of halogens is 2. The molecule has 2 heterocycles. The summed E-state index contributed by atoms with van der Waals surface area (Å²) in [6.07, 6.45) is 2.40. The molecule has 2 aromatic rings. The van der Waals surface area contributed by atoms with Gasteiger partial charge in [0.2, 0.25) is 0 Å². The quantitative estimate of drug-likeness (QED) is 0.815. The summed E-state index contributed by atoms with van der Waals surface area (Å²) >= 11 is 11.5. The summed E-state index contributed by atoms with van der Waals surface area (Å²) in [6, 6.07) is 0. The number of hydrogen-bond acceptors (Lipinski definition) is 6. The first-order valence-electron chi connectivity index (χ1n) is 5.37. The minimum atomic E-state index is -3.96. The fourth-order valence-corrected chi connectivity index (χ4v) is 2.82. The molecule has 0 spiro atoms. The monoisotopic (exact) mass is 336 g/mol. The molecule has 108 valence electrons. The number of nitrogens with zero attached hydrogens (tertiary/aromatic N) is 4. The van der Waals surface area contributed by atoms with E-state index in [9.17, 15) is 8.42 Å². The number of nitrogen functional groups attached to an aromatic ring is 1. The number of aromatic nitrogens is 4. The van der Waals surface area contributed by atoms with Gasteiger partial charge in [0.15, 0.2) is 16.8 Å². The first-order valence-corrected chi connectivity index (χ1v) is 7.60. The SMILES string of the molecule is CCn1cc(S(=O)(=O)Nc2ncnc(Cl)c2Cl)c(N)n1. The van der Waals surface area contributed by atoms with Crippen molar-refractivity contribution < 1.29 is 8.42 Å². The number of hydrogen-bond donors (Lipinski definition) is 2. The number of nitrogens with two attached hydrogens (primary N) is 1. The zero-order chi connectivity index (χ0) is 14.9. The minimum absolute atomic E-state index is 0.0587. The van der Waals surface area contributed by atoms with E-state index in [0.717, 1.165) is 6.33 Å². The van der Waals surface area contributed by atoms with Crippen LogP contribution in [0.2, 0.25) is 10.2 Å². The van der Waals surface area contributed by atoms with Gasteiger partial charge in [0.05, 0.1) is 0 Å². The van der Waals surface area contributed by atoms with Gasteiger partial charge >= 0.3 is 0 Å². The predicted molar refractivity (Wildman–Crippen MR) is 75.2 cm³/mol. The average molecular weight is 337 g/mol. The standard InChI is InChI=1S/C9H10Cl2N6O2S/c1-2-17-3-5(8(12)15-17)20(18,19)16-9-6(10)7(11)13-4-14-9/h3-4H,2H2,1H3,(H2,12,15)(H,13,14,16). The summed E-state index contributed by atoms with van der Waals surface area (Å²) < 4.78 is 28.0. The molecule has 0 amide bonds. The second-order valence-corrected chi connectivity index (χ2v) is 6.05. The molecule has 0 radical (unpaired) electrons. The van der Waals surface area contributed by atoms with Gasteiger partial charge in [0.25, 0.3) is 10.0 Å². The van der Waals surface area contributed by atoms with Gasteiger partial charge in [-0.1, -0.05) is 23.2 Å². The second kappa shape index (κ2) is 5.43. The summed E-state index contributed by atoms with van der Waals surface area (Å²) in [5, 5.41) is 3.70. The van der Waals surface area contributed by atoms with E-state index in [4.69, 9.17) is 28.9 Å². The second-order valence-electron chi connectivity index (χ2n) is 3.67. The summed E-state index contributed by atoms with van der Waals surface area (Å²) in [5.41, 5.74) is 5.58. The third kappa shape index (κ3) is 2.79. The highest BCUT2D eigenvalue weighted by molar-refractivity contribution is 7.92. The van der Waals surface area contributed by atoms with Gasteiger partial charge in [-0.15, -0.1) is 0 Å². The largest absolute Gasteiger partial charge is 0.381 e. The third-order valence-corrected chi connectivity index (χ3v) is 4.44. The molecular weight excluding hydrogens is 327 g/mol. The normalized spacial score (nSPS) is 11.6. The summed E-state index contributed by atoms with van der Waals surface area (Å²) in [6.45, 7) is 2.29. The summed E-state index contributed by atoms with van der Waals surface area (Å²) in [7, 11) is -3.96. The van der Waals surface area contributed by atoms with Crippen LogP contribution in [-0.2, 0) is 16.6 Å². The molecule has 0 aliphatic heterocycles. The van der Waals surface area contributed by atoms with Crippen LogP contribution in [0.5, 0.6) is 0 Å². The molecule has 2 aromatic heterocycles. The summed E-state index contributed by atoms with van der Waals surface area (Å²) in [4.78, 5) is 7.18. The first kappa shape index (κ1) is 14.8. The van der Waals surface area contributed by atoms with Crippen molar-refractivity contribution in [3.8, 4) is 0 Å². The van der Waals surface area contributed by atoms with Crippen molar-refractivity contribution in [2.75, 3.05) is 10.5 Å². The Kier molecular flexibility index (Phi) is 4.02. The molecule has 2 rings (SSSR count). The van der Waals surface area contributed by atoms with E-state index < -0.39 is 10.0 Å². The fraction of sp³-hybridized carbons (Fsp3) is 0.222. The zero-order valence-electron chi connectivity index (χ0n) is 10.2. The molecule has 0 bridgehead atoms. The Morgan fingerprint density at radius 1 is 1.40 bits per heavy atom. The van der Waals surface area contributed by atoms with Gasteiger partial charge in [0.1, 0.15) is 16.2 Å². The maximum atomic E-state index is 12.2. The van der Waals surface area contributed by atoms with Gasteiger partial charge < -0.3 is 5.73 Å². The van der Waals surface area contributed by atoms with E-state index in [0.29, 0.717) is 6.54 Å². The number of sulfonamides is 1.